The van der Waals surface area contributed by atoms with Crippen molar-refractivity contribution < 1.29 is 19.8 Å². The van der Waals surface area contributed by atoms with E-state index >= 15 is 0 Å². The van der Waals surface area contributed by atoms with Gasteiger partial charge < -0.3 is 20.4 Å². The first kappa shape index (κ1) is 11.9. The molecule has 0 aliphatic heterocycles. The zero-order valence-corrected chi connectivity index (χ0v) is 7.65. The quantitative estimate of drug-likeness (QED) is 0.471. The van der Waals surface area contributed by atoms with Crippen molar-refractivity contribution >= 4 is 11.9 Å². The summed E-state index contributed by atoms with van der Waals surface area (Å²) in [4.78, 5) is 22.7. The predicted molar refractivity (Wildman–Crippen MR) is 45.2 cm³/mol. The van der Waals surface area contributed by atoms with Crippen molar-refractivity contribution in [2.75, 3.05) is 27.2 Å². The van der Waals surface area contributed by atoms with Gasteiger partial charge in [0, 0.05) is 0 Å². The van der Waals surface area contributed by atoms with Crippen LogP contribution in [0.4, 0.5) is 0 Å². The summed E-state index contributed by atoms with van der Waals surface area (Å²) in [6.45, 7) is -0.0889. The van der Waals surface area contributed by atoms with Crippen molar-refractivity contribution in [2.24, 2.45) is 0 Å². The van der Waals surface area contributed by atoms with Crippen LogP contribution in [-0.4, -0.2) is 60.3 Å². The molecule has 1 atom stereocenters. The van der Waals surface area contributed by atoms with E-state index in [1.54, 1.807) is 19.0 Å². The standard InChI is InChI=1S/C7H14N2O4/c1-9(2)4-6(11)8-3-5(10)7(12)13/h5,10H,3-4H2,1-2H3,(H,8,11)(H,12,13)/t5-/m0/s1. The van der Waals surface area contributed by atoms with Gasteiger partial charge in [0.05, 0.1) is 13.1 Å². The lowest BCUT2D eigenvalue weighted by Gasteiger charge is -2.11. The smallest absolute Gasteiger partial charge is 0.334 e. The number of hydrogen-bond donors (Lipinski definition) is 3. The van der Waals surface area contributed by atoms with Crippen LogP contribution < -0.4 is 5.32 Å². The molecule has 0 heterocycles. The number of rotatable bonds is 5. The van der Waals surface area contributed by atoms with Crippen LogP contribution >= 0.6 is 0 Å². The maximum Gasteiger partial charge on any atom is 0.334 e. The summed E-state index contributed by atoms with van der Waals surface area (Å²) in [7, 11) is 3.43. The Morgan fingerprint density at radius 1 is 1.46 bits per heavy atom. The minimum atomic E-state index is -1.54. The molecule has 76 valence electrons. The van der Waals surface area contributed by atoms with Crippen LogP contribution in [0.25, 0.3) is 0 Å². The second kappa shape index (κ2) is 5.50. The number of nitrogens with one attached hydrogen (secondary N) is 1. The van der Waals surface area contributed by atoms with Gasteiger partial charge in [0.2, 0.25) is 5.91 Å². The third-order valence-electron chi connectivity index (χ3n) is 1.24. The number of carboxylic acids is 1. The summed E-state index contributed by atoms with van der Waals surface area (Å²) in [5.74, 6) is -1.66. The Morgan fingerprint density at radius 2 is 2.00 bits per heavy atom. The van der Waals surface area contributed by atoms with Gasteiger partial charge in [0.15, 0.2) is 6.10 Å². The van der Waals surface area contributed by atoms with Crippen LogP contribution in [0.3, 0.4) is 0 Å². The van der Waals surface area contributed by atoms with Gasteiger partial charge in [-0.2, -0.15) is 0 Å². The van der Waals surface area contributed by atoms with Gasteiger partial charge in [-0.25, -0.2) is 4.79 Å². The van der Waals surface area contributed by atoms with Crippen molar-refractivity contribution in [1.29, 1.82) is 0 Å². The van der Waals surface area contributed by atoms with Crippen LogP contribution in [0.5, 0.6) is 0 Å². The summed E-state index contributed by atoms with van der Waals surface area (Å²) < 4.78 is 0. The lowest BCUT2D eigenvalue weighted by atomic mass is 10.3. The molecule has 0 rings (SSSR count). The van der Waals surface area contributed by atoms with E-state index in [4.69, 9.17) is 10.2 Å². The van der Waals surface area contributed by atoms with E-state index in [1.807, 2.05) is 0 Å². The number of aliphatic carboxylic acids is 1. The molecule has 3 N–H and O–H groups in total. The average Bonchev–Trinajstić information content (AvgIpc) is 1.98. The van der Waals surface area contributed by atoms with E-state index in [9.17, 15) is 9.59 Å². The first-order chi connectivity index (χ1) is 5.93. The van der Waals surface area contributed by atoms with E-state index in [0.29, 0.717) is 0 Å². The van der Waals surface area contributed by atoms with Gasteiger partial charge in [-0.15, -0.1) is 0 Å². The van der Waals surface area contributed by atoms with Crippen molar-refractivity contribution in [3.8, 4) is 0 Å². The van der Waals surface area contributed by atoms with E-state index in [1.165, 1.54) is 0 Å². The SMILES string of the molecule is CN(C)CC(=O)NC[C@H](O)C(=O)O. The fraction of sp³-hybridized carbons (Fsp3) is 0.714. The van der Waals surface area contributed by atoms with Gasteiger partial charge in [0.1, 0.15) is 0 Å². The third kappa shape index (κ3) is 6.06. The van der Waals surface area contributed by atoms with Crippen LogP contribution in [0.1, 0.15) is 0 Å². The van der Waals surface area contributed by atoms with Crippen molar-refractivity contribution in [2.45, 2.75) is 6.10 Å². The zero-order chi connectivity index (χ0) is 10.4. The molecule has 0 aliphatic carbocycles. The van der Waals surface area contributed by atoms with Gasteiger partial charge >= 0.3 is 5.97 Å². The molecule has 0 aliphatic rings. The fourth-order valence-electron chi connectivity index (χ4n) is 0.641. The number of carboxylic acid groups (broad SMARTS) is 1. The number of nitrogens with zero attached hydrogens (tertiary/aromatic N) is 1. The molecule has 0 unspecified atom stereocenters. The average molecular weight is 190 g/mol. The topological polar surface area (TPSA) is 89.9 Å². The molecule has 0 fully saturated rings. The van der Waals surface area contributed by atoms with E-state index in [-0.39, 0.29) is 19.0 Å². The van der Waals surface area contributed by atoms with Crippen molar-refractivity contribution in [3.05, 3.63) is 0 Å². The summed E-state index contributed by atoms with van der Waals surface area (Å²) in [5.41, 5.74) is 0. The Kier molecular flexibility index (Phi) is 5.01. The molecular weight excluding hydrogens is 176 g/mol. The van der Waals surface area contributed by atoms with Gasteiger partial charge in [0.25, 0.3) is 0 Å². The molecule has 0 radical (unpaired) electrons. The number of likely N-dealkylation sites (N-methyl/N-ethyl adjacent to an activating group) is 1. The molecule has 0 aromatic carbocycles. The van der Waals surface area contributed by atoms with Crippen LogP contribution in [0.2, 0.25) is 0 Å². The predicted octanol–water partition coefficient (Wildman–Crippen LogP) is -1.89. The number of amides is 1. The molecule has 6 heteroatoms. The lowest BCUT2D eigenvalue weighted by molar-refractivity contribution is -0.146. The molecule has 6 nitrogen and oxygen atoms in total. The highest BCUT2D eigenvalue weighted by molar-refractivity contribution is 5.79. The van der Waals surface area contributed by atoms with Crippen LogP contribution in [0.15, 0.2) is 0 Å². The molecule has 13 heavy (non-hydrogen) atoms. The van der Waals surface area contributed by atoms with Crippen molar-refractivity contribution in [1.82, 2.24) is 10.2 Å². The second-order valence-electron chi connectivity index (χ2n) is 2.90. The van der Waals surface area contributed by atoms with Crippen molar-refractivity contribution in [3.63, 3.8) is 0 Å². The number of aliphatic hydroxyl groups excluding tert-OH is 1. The number of aliphatic hydroxyl groups is 1. The summed E-state index contributed by atoms with van der Waals surface area (Å²) >= 11 is 0. The summed E-state index contributed by atoms with van der Waals surface area (Å²) in [6.07, 6.45) is -1.54. The summed E-state index contributed by atoms with van der Waals surface area (Å²) in [6, 6.07) is 0. The van der Waals surface area contributed by atoms with Gasteiger partial charge in [-0.05, 0) is 14.1 Å². The number of hydrogen-bond acceptors (Lipinski definition) is 4. The molecule has 0 aromatic rings. The summed E-state index contributed by atoms with van der Waals surface area (Å²) in [5, 5.41) is 19.3. The van der Waals surface area contributed by atoms with Crippen LogP contribution in [-0.2, 0) is 9.59 Å². The molecule has 0 saturated heterocycles. The third-order valence-corrected chi connectivity index (χ3v) is 1.24. The maximum absolute atomic E-state index is 10.9. The number of carbonyl (C=O) groups excluding carboxylic acids is 1. The Bertz CT molecular complexity index is 193. The molecular formula is C7H14N2O4. The zero-order valence-electron chi connectivity index (χ0n) is 7.65. The molecule has 0 bridgehead atoms. The Balaban J connectivity index is 3.64. The minimum Gasteiger partial charge on any atom is -0.479 e. The first-order valence-corrected chi connectivity index (χ1v) is 3.75. The largest absolute Gasteiger partial charge is 0.479 e. The van der Waals surface area contributed by atoms with E-state index in [2.05, 4.69) is 5.32 Å². The first-order valence-electron chi connectivity index (χ1n) is 3.75. The highest BCUT2D eigenvalue weighted by Crippen LogP contribution is 1.80. The maximum atomic E-state index is 10.9. The fourth-order valence-corrected chi connectivity index (χ4v) is 0.641. The van der Waals surface area contributed by atoms with Crippen LogP contribution in [0, 0.1) is 0 Å². The van der Waals surface area contributed by atoms with E-state index < -0.39 is 12.1 Å². The Hall–Kier alpha value is -1.14. The van der Waals surface area contributed by atoms with Gasteiger partial charge in [-0.1, -0.05) is 0 Å². The number of carbonyl (C=O) groups is 2. The normalized spacial score (nSPS) is 12.6. The second-order valence-corrected chi connectivity index (χ2v) is 2.90. The Morgan fingerprint density at radius 3 is 2.38 bits per heavy atom. The highest BCUT2D eigenvalue weighted by atomic mass is 16.4. The van der Waals surface area contributed by atoms with E-state index in [0.717, 1.165) is 0 Å². The minimum absolute atomic E-state index is 0.173. The lowest BCUT2D eigenvalue weighted by Crippen LogP contribution is -2.40. The molecule has 0 spiro atoms. The molecule has 0 aromatic heterocycles. The highest BCUT2D eigenvalue weighted by Gasteiger charge is 2.13. The Labute approximate surface area is 76.2 Å². The molecule has 0 saturated carbocycles. The molecule has 1 amide bonds. The monoisotopic (exact) mass is 190 g/mol. The van der Waals surface area contributed by atoms with Gasteiger partial charge in [-0.3, -0.25) is 4.79 Å².